The van der Waals surface area contributed by atoms with Crippen LogP contribution in [0.5, 0.6) is 0 Å². The van der Waals surface area contributed by atoms with E-state index in [9.17, 15) is 4.79 Å². The van der Waals surface area contributed by atoms with Crippen molar-refractivity contribution in [3.63, 3.8) is 0 Å². The summed E-state index contributed by atoms with van der Waals surface area (Å²) in [7, 11) is 0. The van der Waals surface area contributed by atoms with Crippen LogP contribution in [0.15, 0.2) is 22.8 Å². The fraction of sp³-hybridized carbons (Fsp3) is 0.500. The van der Waals surface area contributed by atoms with E-state index < -0.39 is 5.97 Å². The van der Waals surface area contributed by atoms with Crippen molar-refractivity contribution in [2.75, 3.05) is 0 Å². The smallest absolute Gasteiger partial charge is 0.349 e. The zero-order chi connectivity index (χ0) is 11.4. The Labute approximate surface area is 90.0 Å². The van der Waals surface area contributed by atoms with Crippen LogP contribution in [0.25, 0.3) is 0 Å². The van der Waals surface area contributed by atoms with Gasteiger partial charge in [-0.3, -0.25) is 0 Å². The molecule has 0 aliphatic heterocycles. The standard InChI is InChI=1S/C12H15NO2/c1-8(2)15-12(14)11(7-13)10-5-4-9(3)6-10/h6,8H,4-5H2,1-3H3. The van der Waals surface area contributed by atoms with Crippen LogP contribution in [-0.2, 0) is 9.53 Å². The summed E-state index contributed by atoms with van der Waals surface area (Å²) in [5.74, 6) is -0.506. The predicted octanol–water partition coefficient (Wildman–Crippen LogP) is 2.50. The third kappa shape index (κ3) is 2.95. The molecular weight excluding hydrogens is 190 g/mol. The molecule has 15 heavy (non-hydrogen) atoms. The van der Waals surface area contributed by atoms with Gasteiger partial charge in [-0.1, -0.05) is 11.6 Å². The van der Waals surface area contributed by atoms with Crippen LogP contribution in [0, 0.1) is 11.3 Å². The molecule has 0 atom stereocenters. The van der Waals surface area contributed by atoms with Gasteiger partial charge in [0.05, 0.1) is 6.10 Å². The average Bonchev–Trinajstić information content (AvgIpc) is 2.51. The van der Waals surface area contributed by atoms with Gasteiger partial charge in [-0.05, 0) is 39.2 Å². The van der Waals surface area contributed by atoms with Gasteiger partial charge in [0.25, 0.3) is 0 Å². The molecule has 80 valence electrons. The second kappa shape index (κ2) is 4.79. The zero-order valence-corrected chi connectivity index (χ0v) is 9.33. The number of carbonyl (C=O) groups excluding carboxylic acids is 1. The van der Waals surface area contributed by atoms with Gasteiger partial charge in [0.15, 0.2) is 0 Å². The van der Waals surface area contributed by atoms with Gasteiger partial charge in [-0.25, -0.2) is 4.79 Å². The second-order valence-electron chi connectivity index (χ2n) is 3.96. The van der Waals surface area contributed by atoms with Crippen LogP contribution in [0.2, 0.25) is 0 Å². The minimum Gasteiger partial charge on any atom is -0.459 e. The van der Waals surface area contributed by atoms with Gasteiger partial charge in [0, 0.05) is 0 Å². The van der Waals surface area contributed by atoms with Crippen LogP contribution in [0.1, 0.15) is 33.6 Å². The number of hydrogen-bond donors (Lipinski definition) is 0. The van der Waals surface area contributed by atoms with E-state index in [0.717, 1.165) is 18.4 Å². The molecular formula is C12H15NO2. The van der Waals surface area contributed by atoms with Gasteiger partial charge in [-0.2, -0.15) is 5.26 Å². The van der Waals surface area contributed by atoms with Crippen molar-refractivity contribution >= 4 is 5.97 Å². The summed E-state index contributed by atoms with van der Waals surface area (Å²) in [6.07, 6.45) is 3.41. The SMILES string of the molecule is CC1=CC(=C(C#N)C(=O)OC(C)C)CC1. The molecule has 0 spiro atoms. The molecule has 0 radical (unpaired) electrons. The quantitative estimate of drug-likeness (QED) is 0.395. The summed E-state index contributed by atoms with van der Waals surface area (Å²) in [4.78, 5) is 11.5. The number of esters is 1. The van der Waals surface area contributed by atoms with Crippen LogP contribution in [-0.4, -0.2) is 12.1 Å². The Morgan fingerprint density at radius 2 is 2.20 bits per heavy atom. The topological polar surface area (TPSA) is 50.1 Å². The summed E-state index contributed by atoms with van der Waals surface area (Å²) < 4.78 is 5.00. The van der Waals surface area contributed by atoms with Crippen LogP contribution in [0.4, 0.5) is 0 Å². The maximum atomic E-state index is 11.5. The Balaban J connectivity index is 2.90. The highest BCUT2D eigenvalue weighted by molar-refractivity contribution is 5.94. The van der Waals surface area contributed by atoms with E-state index in [1.807, 2.05) is 19.1 Å². The molecule has 0 fully saturated rings. The lowest BCUT2D eigenvalue weighted by atomic mass is 10.1. The lowest BCUT2D eigenvalue weighted by molar-refractivity contribution is -0.142. The zero-order valence-electron chi connectivity index (χ0n) is 9.33. The van der Waals surface area contributed by atoms with Crippen molar-refractivity contribution in [3.8, 4) is 6.07 Å². The van der Waals surface area contributed by atoms with Crippen molar-refractivity contribution in [2.45, 2.75) is 39.7 Å². The van der Waals surface area contributed by atoms with E-state index in [0.29, 0.717) is 0 Å². The fourth-order valence-corrected chi connectivity index (χ4v) is 1.49. The number of ether oxygens (including phenoxy) is 1. The molecule has 0 bridgehead atoms. The van der Waals surface area contributed by atoms with Crippen LogP contribution >= 0.6 is 0 Å². The number of nitrogens with zero attached hydrogens (tertiary/aromatic N) is 1. The van der Waals surface area contributed by atoms with Crippen molar-refractivity contribution in [3.05, 3.63) is 22.8 Å². The molecule has 0 aromatic rings. The maximum absolute atomic E-state index is 11.5. The minimum absolute atomic E-state index is 0.153. The normalized spacial score (nSPS) is 18.5. The molecule has 0 saturated carbocycles. The number of carbonyl (C=O) groups is 1. The predicted molar refractivity (Wildman–Crippen MR) is 56.9 cm³/mol. The summed E-state index contributed by atoms with van der Waals surface area (Å²) in [5.41, 5.74) is 2.16. The first kappa shape index (κ1) is 11.5. The van der Waals surface area contributed by atoms with Crippen LogP contribution < -0.4 is 0 Å². The molecule has 0 aromatic carbocycles. The molecule has 0 heterocycles. The first-order valence-electron chi connectivity index (χ1n) is 5.06. The van der Waals surface area contributed by atoms with E-state index in [-0.39, 0.29) is 11.7 Å². The van der Waals surface area contributed by atoms with Gasteiger partial charge in [0.1, 0.15) is 11.6 Å². The van der Waals surface area contributed by atoms with Crippen LogP contribution in [0.3, 0.4) is 0 Å². The molecule has 1 aliphatic rings. The highest BCUT2D eigenvalue weighted by atomic mass is 16.5. The van der Waals surface area contributed by atoms with Crippen molar-refractivity contribution in [2.24, 2.45) is 0 Å². The lowest BCUT2D eigenvalue weighted by Gasteiger charge is -2.07. The maximum Gasteiger partial charge on any atom is 0.349 e. The first-order chi connectivity index (χ1) is 7.04. The summed E-state index contributed by atoms with van der Waals surface area (Å²) in [5, 5.41) is 8.92. The Kier molecular flexibility index (Phi) is 3.68. The Morgan fingerprint density at radius 3 is 2.60 bits per heavy atom. The van der Waals surface area contributed by atoms with E-state index >= 15 is 0 Å². The molecule has 3 nitrogen and oxygen atoms in total. The monoisotopic (exact) mass is 205 g/mol. The molecule has 0 N–H and O–H groups in total. The van der Waals surface area contributed by atoms with Gasteiger partial charge in [-0.15, -0.1) is 0 Å². The van der Waals surface area contributed by atoms with Crippen molar-refractivity contribution in [1.29, 1.82) is 5.26 Å². The molecule has 1 rings (SSSR count). The third-order valence-electron chi connectivity index (χ3n) is 2.19. The summed E-state index contributed by atoms with van der Waals surface area (Å²) in [6.45, 7) is 5.54. The summed E-state index contributed by atoms with van der Waals surface area (Å²) >= 11 is 0. The largest absolute Gasteiger partial charge is 0.459 e. The van der Waals surface area contributed by atoms with Gasteiger partial charge < -0.3 is 4.74 Å². The Hall–Kier alpha value is -1.56. The highest BCUT2D eigenvalue weighted by Gasteiger charge is 2.19. The highest BCUT2D eigenvalue weighted by Crippen LogP contribution is 2.26. The molecule has 0 amide bonds. The summed E-state index contributed by atoms with van der Waals surface area (Å²) in [6, 6.07) is 1.93. The molecule has 0 saturated heterocycles. The number of hydrogen-bond acceptors (Lipinski definition) is 3. The number of nitriles is 1. The van der Waals surface area contributed by atoms with E-state index in [1.54, 1.807) is 13.8 Å². The Morgan fingerprint density at radius 1 is 1.53 bits per heavy atom. The number of allylic oxidation sites excluding steroid dienone is 3. The molecule has 0 aromatic heterocycles. The fourth-order valence-electron chi connectivity index (χ4n) is 1.49. The van der Waals surface area contributed by atoms with Crippen molar-refractivity contribution in [1.82, 2.24) is 0 Å². The van der Waals surface area contributed by atoms with E-state index in [1.165, 1.54) is 5.57 Å². The number of rotatable bonds is 2. The molecule has 1 aliphatic carbocycles. The van der Waals surface area contributed by atoms with Gasteiger partial charge >= 0.3 is 5.97 Å². The lowest BCUT2D eigenvalue weighted by Crippen LogP contribution is -2.13. The van der Waals surface area contributed by atoms with E-state index in [2.05, 4.69) is 0 Å². The van der Waals surface area contributed by atoms with Crippen molar-refractivity contribution < 1.29 is 9.53 Å². The third-order valence-corrected chi connectivity index (χ3v) is 2.19. The van der Waals surface area contributed by atoms with Gasteiger partial charge in [0.2, 0.25) is 0 Å². The second-order valence-corrected chi connectivity index (χ2v) is 3.96. The Bertz CT molecular complexity index is 370. The first-order valence-corrected chi connectivity index (χ1v) is 5.06. The average molecular weight is 205 g/mol. The molecule has 0 unspecified atom stereocenters. The minimum atomic E-state index is -0.506. The van der Waals surface area contributed by atoms with E-state index in [4.69, 9.17) is 10.00 Å². The molecule has 3 heteroatoms.